The van der Waals surface area contributed by atoms with Gasteiger partial charge in [-0.15, -0.1) is 0 Å². The van der Waals surface area contributed by atoms with Crippen molar-refractivity contribution in [1.29, 1.82) is 0 Å². The molecule has 1 rings (SSSR count). The number of rotatable bonds is 9. The van der Waals surface area contributed by atoms with E-state index in [0.29, 0.717) is 12.6 Å². The molecule has 1 N–H and O–H groups in total. The van der Waals surface area contributed by atoms with Crippen LogP contribution in [0.3, 0.4) is 0 Å². The number of nitrogens with zero attached hydrogens (tertiary/aromatic N) is 2. The Balaban J connectivity index is 2.47. The number of ether oxygens (including phenoxy) is 1. The minimum absolute atomic E-state index is 0.544. The average Bonchev–Trinajstić information content (AvgIpc) is 2.72. The van der Waals surface area contributed by atoms with E-state index in [1.165, 1.54) is 12.1 Å². The molecule has 0 spiro atoms. The highest BCUT2D eigenvalue weighted by Crippen LogP contribution is 2.18. The Labute approximate surface area is 118 Å². The summed E-state index contributed by atoms with van der Waals surface area (Å²) in [6.07, 6.45) is 5.20. The number of hydrogen-bond donors (Lipinski definition) is 1. The highest BCUT2D eigenvalue weighted by atomic mass is 79.9. The van der Waals surface area contributed by atoms with E-state index >= 15 is 0 Å². The van der Waals surface area contributed by atoms with Gasteiger partial charge in [0.05, 0.1) is 29.5 Å². The lowest BCUT2D eigenvalue weighted by Crippen LogP contribution is -2.27. The quantitative estimate of drug-likeness (QED) is 0.761. The molecule has 0 fully saturated rings. The van der Waals surface area contributed by atoms with Gasteiger partial charge in [-0.05, 0) is 48.7 Å². The fourth-order valence-electron chi connectivity index (χ4n) is 1.85. The second-order valence-corrected chi connectivity index (χ2v) is 5.40. The largest absolute Gasteiger partial charge is 0.383 e. The Hall–Kier alpha value is -0.390. The molecule has 0 bridgehead atoms. The van der Waals surface area contributed by atoms with E-state index in [9.17, 15) is 0 Å². The van der Waals surface area contributed by atoms with Crippen LogP contribution >= 0.6 is 15.9 Å². The number of hydrogen-bond acceptors (Lipinski definition) is 3. The summed E-state index contributed by atoms with van der Waals surface area (Å²) in [5.74, 6) is 0. The first-order valence-electron chi connectivity index (χ1n) is 6.61. The van der Waals surface area contributed by atoms with Crippen LogP contribution in [0.4, 0.5) is 0 Å². The van der Waals surface area contributed by atoms with E-state index in [-0.39, 0.29) is 0 Å². The van der Waals surface area contributed by atoms with Crippen molar-refractivity contribution in [2.75, 3.05) is 20.3 Å². The molecule has 0 aromatic carbocycles. The Bertz CT molecular complexity index is 341. The molecule has 1 heterocycles. The molecule has 0 aliphatic rings. The molecular formula is C13H24BrN3O. The lowest BCUT2D eigenvalue weighted by atomic mass is 10.1. The molecule has 1 aromatic heterocycles. The van der Waals surface area contributed by atoms with Crippen LogP contribution in [-0.2, 0) is 17.7 Å². The summed E-state index contributed by atoms with van der Waals surface area (Å²) in [5.41, 5.74) is 1.26. The van der Waals surface area contributed by atoms with Crippen LogP contribution in [0.2, 0.25) is 0 Å². The van der Waals surface area contributed by atoms with Gasteiger partial charge in [-0.2, -0.15) is 5.10 Å². The minimum Gasteiger partial charge on any atom is -0.383 e. The first-order chi connectivity index (χ1) is 8.69. The third-order valence-electron chi connectivity index (χ3n) is 2.96. The van der Waals surface area contributed by atoms with Crippen molar-refractivity contribution in [2.24, 2.45) is 0 Å². The monoisotopic (exact) mass is 317 g/mol. The third kappa shape index (κ3) is 5.08. The molecule has 0 saturated heterocycles. The predicted molar refractivity (Wildman–Crippen MR) is 77.9 cm³/mol. The van der Waals surface area contributed by atoms with Gasteiger partial charge in [0, 0.05) is 13.2 Å². The van der Waals surface area contributed by atoms with Crippen molar-refractivity contribution in [3.05, 3.63) is 16.4 Å². The summed E-state index contributed by atoms with van der Waals surface area (Å²) in [6.45, 7) is 7.03. The maximum absolute atomic E-state index is 5.10. The van der Waals surface area contributed by atoms with Gasteiger partial charge in [0.1, 0.15) is 0 Å². The van der Waals surface area contributed by atoms with Gasteiger partial charge in [-0.25, -0.2) is 0 Å². The predicted octanol–water partition coefficient (Wildman–Crippen LogP) is 2.61. The Kier molecular flexibility index (Phi) is 7.54. The molecule has 0 aliphatic carbocycles. The maximum atomic E-state index is 5.10. The fourth-order valence-corrected chi connectivity index (χ4v) is 2.35. The van der Waals surface area contributed by atoms with Gasteiger partial charge >= 0.3 is 0 Å². The minimum atomic E-state index is 0.544. The Morgan fingerprint density at radius 1 is 1.56 bits per heavy atom. The van der Waals surface area contributed by atoms with Crippen LogP contribution in [0.5, 0.6) is 0 Å². The lowest BCUT2D eigenvalue weighted by Gasteiger charge is -2.14. The van der Waals surface area contributed by atoms with Gasteiger partial charge in [0.25, 0.3) is 0 Å². The summed E-state index contributed by atoms with van der Waals surface area (Å²) < 4.78 is 8.23. The van der Waals surface area contributed by atoms with Crippen LogP contribution in [0.1, 0.15) is 32.4 Å². The Morgan fingerprint density at radius 3 is 3.00 bits per heavy atom. The molecule has 18 heavy (non-hydrogen) atoms. The number of methoxy groups -OCH3 is 1. The zero-order chi connectivity index (χ0) is 13.4. The molecule has 0 amide bonds. The van der Waals surface area contributed by atoms with Crippen molar-refractivity contribution in [1.82, 2.24) is 15.1 Å². The van der Waals surface area contributed by atoms with E-state index in [4.69, 9.17) is 4.74 Å². The van der Waals surface area contributed by atoms with Crippen LogP contribution in [-0.4, -0.2) is 36.1 Å². The van der Waals surface area contributed by atoms with Crippen molar-refractivity contribution >= 4 is 15.9 Å². The maximum Gasteiger partial charge on any atom is 0.0658 e. The standard InChI is InChI=1S/C13H24BrN3O/c1-4-7-15-11(2)5-6-13-12(14)10-16-17(13)8-9-18-3/h10-11,15H,4-9H2,1-3H3. The second-order valence-electron chi connectivity index (χ2n) is 4.55. The number of halogens is 1. The van der Waals surface area contributed by atoms with Crippen molar-refractivity contribution in [2.45, 2.75) is 45.7 Å². The SMILES string of the molecule is CCCNC(C)CCc1c(Br)cnn1CCOC. The van der Waals surface area contributed by atoms with E-state index in [1.54, 1.807) is 7.11 Å². The first-order valence-corrected chi connectivity index (χ1v) is 7.40. The fraction of sp³-hybridized carbons (Fsp3) is 0.769. The van der Waals surface area contributed by atoms with E-state index in [0.717, 1.165) is 30.4 Å². The van der Waals surface area contributed by atoms with Crippen LogP contribution in [0, 0.1) is 0 Å². The molecular weight excluding hydrogens is 294 g/mol. The van der Waals surface area contributed by atoms with E-state index in [1.807, 2.05) is 10.9 Å². The Morgan fingerprint density at radius 2 is 2.33 bits per heavy atom. The van der Waals surface area contributed by atoms with Crippen LogP contribution in [0.15, 0.2) is 10.7 Å². The summed E-state index contributed by atoms with van der Waals surface area (Å²) in [6, 6.07) is 0.544. The average molecular weight is 318 g/mol. The highest BCUT2D eigenvalue weighted by molar-refractivity contribution is 9.10. The van der Waals surface area contributed by atoms with E-state index < -0.39 is 0 Å². The van der Waals surface area contributed by atoms with Crippen molar-refractivity contribution < 1.29 is 4.74 Å². The molecule has 0 saturated carbocycles. The topological polar surface area (TPSA) is 39.1 Å². The number of aromatic nitrogens is 2. The van der Waals surface area contributed by atoms with Gasteiger partial charge in [-0.1, -0.05) is 6.92 Å². The van der Waals surface area contributed by atoms with Crippen molar-refractivity contribution in [3.8, 4) is 0 Å². The molecule has 1 atom stereocenters. The van der Waals surface area contributed by atoms with Gasteiger partial charge in [0.2, 0.25) is 0 Å². The highest BCUT2D eigenvalue weighted by Gasteiger charge is 2.10. The molecule has 4 nitrogen and oxygen atoms in total. The summed E-state index contributed by atoms with van der Waals surface area (Å²) in [4.78, 5) is 0. The van der Waals surface area contributed by atoms with Crippen LogP contribution in [0.25, 0.3) is 0 Å². The third-order valence-corrected chi connectivity index (χ3v) is 3.62. The summed E-state index contributed by atoms with van der Waals surface area (Å²) >= 11 is 3.57. The molecule has 1 unspecified atom stereocenters. The van der Waals surface area contributed by atoms with Gasteiger partial charge in [-0.3, -0.25) is 4.68 Å². The number of nitrogens with one attached hydrogen (secondary N) is 1. The molecule has 5 heteroatoms. The summed E-state index contributed by atoms with van der Waals surface area (Å²) in [5, 5.41) is 7.87. The molecule has 0 radical (unpaired) electrons. The van der Waals surface area contributed by atoms with Crippen molar-refractivity contribution in [3.63, 3.8) is 0 Å². The normalized spacial score (nSPS) is 12.9. The van der Waals surface area contributed by atoms with E-state index in [2.05, 4.69) is 40.2 Å². The van der Waals surface area contributed by atoms with Gasteiger partial charge in [0.15, 0.2) is 0 Å². The molecule has 104 valence electrons. The zero-order valence-electron chi connectivity index (χ0n) is 11.6. The molecule has 0 aliphatic heterocycles. The zero-order valence-corrected chi connectivity index (χ0v) is 13.2. The van der Waals surface area contributed by atoms with Crippen LogP contribution < -0.4 is 5.32 Å². The lowest BCUT2D eigenvalue weighted by molar-refractivity contribution is 0.182. The smallest absolute Gasteiger partial charge is 0.0658 e. The first kappa shape index (κ1) is 15.7. The van der Waals surface area contributed by atoms with Gasteiger partial charge < -0.3 is 10.1 Å². The molecule has 1 aromatic rings. The summed E-state index contributed by atoms with van der Waals surface area (Å²) in [7, 11) is 1.72. The second kappa shape index (κ2) is 8.67.